The van der Waals surface area contributed by atoms with Crippen LogP contribution in [0.5, 0.6) is 0 Å². The van der Waals surface area contributed by atoms with Gasteiger partial charge >= 0.3 is 0 Å². The average molecular weight is 298 g/mol. The van der Waals surface area contributed by atoms with Gasteiger partial charge in [0.15, 0.2) is 0 Å². The molecular formula is C14H22N2O3S. The Hall–Kier alpha value is -0.950. The van der Waals surface area contributed by atoms with Crippen molar-refractivity contribution in [2.75, 3.05) is 32.5 Å². The summed E-state index contributed by atoms with van der Waals surface area (Å²) in [6, 6.07) is 10.3. The molecule has 0 aliphatic carbocycles. The topological polar surface area (TPSA) is 58.6 Å². The number of ether oxygens (including phenoxy) is 1. The predicted octanol–water partition coefficient (Wildman–Crippen LogP) is 0.827. The smallest absolute Gasteiger partial charge is 0.208 e. The predicted molar refractivity (Wildman–Crippen MR) is 78.9 cm³/mol. The quantitative estimate of drug-likeness (QED) is 0.874. The van der Waals surface area contributed by atoms with Crippen LogP contribution < -0.4 is 4.72 Å². The summed E-state index contributed by atoms with van der Waals surface area (Å²) in [5.41, 5.74) is 1.27. The first-order valence-corrected chi connectivity index (χ1v) is 8.74. The van der Waals surface area contributed by atoms with Crippen molar-refractivity contribution in [2.24, 2.45) is 0 Å². The van der Waals surface area contributed by atoms with Gasteiger partial charge in [-0.3, -0.25) is 4.90 Å². The molecule has 0 saturated carbocycles. The molecular weight excluding hydrogens is 276 g/mol. The molecule has 2 rings (SSSR count). The van der Waals surface area contributed by atoms with Crippen molar-refractivity contribution in [3.63, 3.8) is 0 Å². The number of hydrogen-bond donors (Lipinski definition) is 1. The lowest BCUT2D eigenvalue weighted by Gasteiger charge is -2.23. The van der Waals surface area contributed by atoms with Gasteiger partial charge in [-0.15, -0.1) is 0 Å². The molecule has 6 heteroatoms. The molecule has 1 fully saturated rings. The van der Waals surface area contributed by atoms with Crippen molar-refractivity contribution in [1.29, 1.82) is 0 Å². The first-order valence-electron chi connectivity index (χ1n) is 6.85. The number of sulfonamides is 1. The second-order valence-corrected chi connectivity index (χ2v) is 7.02. The highest BCUT2D eigenvalue weighted by Crippen LogP contribution is 2.10. The fraction of sp³-hybridized carbons (Fsp3) is 0.571. The fourth-order valence-corrected chi connectivity index (χ4v) is 2.81. The van der Waals surface area contributed by atoms with Crippen LogP contribution in [0.4, 0.5) is 0 Å². The van der Waals surface area contributed by atoms with Crippen molar-refractivity contribution >= 4 is 10.0 Å². The molecule has 1 aromatic carbocycles. The molecule has 0 bridgehead atoms. The number of nitrogens with one attached hydrogen (secondary N) is 1. The fourth-order valence-electron chi connectivity index (χ4n) is 2.32. The second-order valence-electron chi connectivity index (χ2n) is 5.19. The lowest BCUT2D eigenvalue weighted by atomic mass is 10.2. The molecule has 1 aliphatic heterocycles. The van der Waals surface area contributed by atoms with Crippen molar-refractivity contribution in [2.45, 2.75) is 19.1 Å². The summed E-state index contributed by atoms with van der Waals surface area (Å²) in [4.78, 5) is 2.32. The van der Waals surface area contributed by atoms with E-state index in [1.807, 2.05) is 18.2 Å². The van der Waals surface area contributed by atoms with Crippen molar-refractivity contribution in [3.8, 4) is 0 Å². The molecule has 1 aromatic rings. The average Bonchev–Trinajstić information content (AvgIpc) is 2.62. The Bertz CT molecular complexity index is 504. The van der Waals surface area contributed by atoms with Gasteiger partial charge in [0.1, 0.15) is 0 Å². The standard InChI is InChI=1S/C14H22N2O3S/c1-20(17,18)15-10-14-12-16(8-5-9-19-14)11-13-6-3-2-4-7-13/h2-4,6-7,14-15H,5,8-12H2,1H3. The number of benzene rings is 1. The lowest BCUT2D eigenvalue weighted by Crippen LogP contribution is -2.39. The van der Waals surface area contributed by atoms with E-state index >= 15 is 0 Å². The van der Waals surface area contributed by atoms with E-state index in [2.05, 4.69) is 21.8 Å². The molecule has 1 saturated heterocycles. The lowest BCUT2D eigenvalue weighted by molar-refractivity contribution is 0.0571. The minimum Gasteiger partial charge on any atom is -0.375 e. The van der Waals surface area contributed by atoms with Crippen LogP contribution in [-0.2, 0) is 21.3 Å². The van der Waals surface area contributed by atoms with E-state index in [9.17, 15) is 8.42 Å². The molecule has 1 N–H and O–H groups in total. The largest absolute Gasteiger partial charge is 0.375 e. The van der Waals surface area contributed by atoms with Crippen LogP contribution in [0.1, 0.15) is 12.0 Å². The molecule has 112 valence electrons. The van der Waals surface area contributed by atoms with Gasteiger partial charge in [-0.25, -0.2) is 13.1 Å². The summed E-state index contributed by atoms with van der Waals surface area (Å²) in [7, 11) is -3.16. The summed E-state index contributed by atoms with van der Waals surface area (Å²) in [6.45, 7) is 3.62. The van der Waals surface area contributed by atoms with E-state index in [-0.39, 0.29) is 6.10 Å². The van der Waals surface area contributed by atoms with Crippen LogP contribution >= 0.6 is 0 Å². The van der Waals surface area contributed by atoms with Gasteiger partial charge in [0.05, 0.1) is 12.4 Å². The minimum atomic E-state index is -3.16. The van der Waals surface area contributed by atoms with Crippen molar-refractivity contribution < 1.29 is 13.2 Å². The van der Waals surface area contributed by atoms with Gasteiger partial charge in [-0.05, 0) is 12.0 Å². The molecule has 20 heavy (non-hydrogen) atoms. The zero-order valence-corrected chi connectivity index (χ0v) is 12.6. The number of hydrogen-bond acceptors (Lipinski definition) is 4. The third kappa shape index (κ3) is 5.58. The number of nitrogens with zero attached hydrogens (tertiary/aromatic N) is 1. The van der Waals surface area contributed by atoms with E-state index in [0.29, 0.717) is 13.2 Å². The molecule has 1 aliphatic rings. The summed E-state index contributed by atoms with van der Waals surface area (Å²) in [5, 5.41) is 0. The summed E-state index contributed by atoms with van der Waals surface area (Å²) in [6.07, 6.45) is 2.06. The monoisotopic (exact) mass is 298 g/mol. The van der Waals surface area contributed by atoms with Crippen LogP contribution in [0.3, 0.4) is 0 Å². The van der Waals surface area contributed by atoms with E-state index in [1.54, 1.807) is 0 Å². The molecule has 0 amide bonds. The normalized spacial score (nSPS) is 21.6. The zero-order chi connectivity index (χ0) is 14.4. The van der Waals surface area contributed by atoms with Gasteiger partial charge in [0.2, 0.25) is 10.0 Å². The molecule has 1 heterocycles. The van der Waals surface area contributed by atoms with Gasteiger partial charge in [-0.2, -0.15) is 0 Å². The number of rotatable bonds is 5. The highest BCUT2D eigenvalue weighted by Gasteiger charge is 2.19. The second kappa shape index (κ2) is 7.17. The Balaban J connectivity index is 1.90. The highest BCUT2D eigenvalue weighted by molar-refractivity contribution is 7.88. The maximum Gasteiger partial charge on any atom is 0.208 e. The van der Waals surface area contributed by atoms with Gasteiger partial charge in [0.25, 0.3) is 0 Å². The Morgan fingerprint density at radius 1 is 1.35 bits per heavy atom. The first-order chi connectivity index (χ1) is 9.53. The van der Waals surface area contributed by atoms with Crippen LogP contribution in [0.2, 0.25) is 0 Å². The highest BCUT2D eigenvalue weighted by atomic mass is 32.2. The Morgan fingerprint density at radius 2 is 2.10 bits per heavy atom. The third-order valence-corrected chi connectivity index (χ3v) is 3.95. The first kappa shape index (κ1) is 15.4. The molecule has 5 nitrogen and oxygen atoms in total. The van der Waals surface area contributed by atoms with E-state index < -0.39 is 10.0 Å². The molecule has 0 spiro atoms. The molecule has 1 atom stereocenters. The van der Waals surface area contributed by atoms with Crippen LogP contribution in [0, 0.1) is 0 Å². The van der Waals surface area contributed by atoms with Crippen LogP contribution in [0.15, 0.2) is 30.3 Å². The van der Waals surface area contributed by atoms with Crippen LogP contribution in [-0.4, -0.2) is 51.9 Å². The summed E-state index contributed by atoms with van der Waals surface area (Å²) < 4.78 is 30.5. The Labute approximate surface area is 121 Å². The SMILES string of the molecule is CS(=O)(=O)NCC1CN(Cc2ccccc2)CCCO1. The molecule has 0 aromatic heterocycles. The molecule has 1 unspecified atom stereocenters. The maximum absolute atomic E-state index is 11.2. The summed E-state index contributed by atoms with van der Waals surface area (Å²) in [5.74, 6) is 0. The molecule has 0 radical (unpaired) electrons. The summed E-state index contributed by atoms with van der Waals surface area (Å²) >= 11 is 0. The van der Waals surface area contributed by atoms with E-state index in [4.69, 9.17) is 4.74 Å². The van der Waals surface area contributed by atoms with E-state index in [0.717, 1.165) is 26.1 Å². The van der Waals surface area contributed by atoms with Crippen molar-refractivity contribution in [1.82, 2.24) is 9.62 Å². The maximum atomic E-state index is 11.2. The van der Waals surface area contributed by atoms with Crippen molar-refractivity contribution in [3.05, 3.63) is 35.9 Å². The van der Waals surface area contributed by atoms with Gasteiger partial charge in [-0.1, -0.05) is 30.3 Å². The third-order valence-electron chi connectivity index (χ3n) is 3.26. The zero-order valence-electron chi connectivity index (χ0n) is 11.8. The van der Waals surface area contributed by atoms with Crippen LogP contribution in [0.25, 0.3) is 0 Å². The van der Waals surface area contributed by atoms with Gasteiger partial charge in [0, 0.05) is 32.8 Å². The Morgan fingerprint density at radius 3 is 2.80 bits per heavy atom. The minimum absolute atomic E-state index is 0.0871. The van der Waals surface area contributed by atoms with E-state index in [1.165, 1.54) is 11.8 Å². The van der Waals surface area contributed by atoms with Gasteiger partial charge < -0.3 is 4.74 Å². The Kier molecular flexibility index (Phi) is 5.54.